The Kier molecular flexibility index (Phi) is 5.10. The van der Waals surface area contributed by atoms with Crippen molar-refractivity contribution in [1.82, 2.24) is 4.90 Å². The van der Waals surface area contributed by atoms with Gasteiger partial charge in [-0.05, 0) is 17.7 Å². The highest BCUT2D eigenvalue weighted by molar-refractivity contribution is 5.94. The zero-order valence-electron chi connectivity index (χ0n) is 11.6. The van der Waals surface area contributed by atoms with Crippen LogP contribution in [0.2, 0.25) is 0 Å². The summed E-state index contributed by atoms with van der Waals surface area (Å²) >= 11 is 0. The van der Waals surface area contributed by atoms with Crippen LogP contribution in [0.3, 0.4) is 0 Å². The Morgan fingerprint density at radius 1 is 0.905 bits per heavy atom. The number of carbonyl (C=O) groups is 2. The molecule has 4 nitrogen and oxygen atoms in total. The van der Waals surface area contributed by atoms with Crippen molar-refractivity contribution in [2.45, 2.75) is 13.0 Å². The second-order valence-corrected chi connectivity index (χ2v) is 4.72. The number of amides is 1. The third-order valence-corrected chi connectivity index (χ3v) is 3.12. The summed E-state index contributed by atoms with van der Waals surface area (Å²) in [5, 5.41) is 8.84. The van der Waals surface area contributed by atoms with Crippen molar-refractivity contribution in [2.75, 3.05) is 6.54 Å². The molecule has 0 spiro atoms. The van der Waals surface area contributed by atoms with Gasteiger partial charge < -0.3 is 10.0 Å². The monoisotopic (exact) mass is 283 g/mol. The Hall–Kier alpha value is -2.62. The van der Waals surface area contributed by atoms with Crippen molar-refractivity contribution in [3.63, 3.8) is 0 Å². The molecule has 1 amide bonds. The second kappa shape index (κ2) is 7.24. The molecule has 0 radical (unpaired) electrons. The van der Waals surface area contributed by atoms with Crippen molar-refractivity contribution >= 4 is 11.9 Å². The van der Waals surface area contributed by atoms with E-state index < -0.39 is 5.97 Å². The first-order valence-corrected chi connectivity index (χ1v) is 6.77. The summed E-state index contributed by atoms with van der Waals surface area (Å²) in [6.45, 7) is 0.597. The van der Waals surface area contributed by atoms with Crippen LogP contribution >= 0.6 is 0 Å². The van der Waals surface area contributed by atoms with Crippen LogP contribution < -0.4 is 0 Å². The molecule has 0 saturated heterocycles. The number of hydrogen-bond acceptors (Lipinski definition) is 2. The normalized spacial score (nSPS) is 10.1. The van der Waals surface area contributed by atoms with E-state index in [-0.39, 0.29) is 18.9 Å². The largest absolute Gasteiger partial charge is 0.481 e. The molecule has 0 aliphatic rings. The molecule has 2 aromatic rings. The van der Waals surface area contributed by atoms with Gasteiger partial charge in [0.05, 0.1) is 6.42 Å². The summed E-state index contributed by atoms with van der Waals surface area (Å²) in [5.41, 5.74) is 1.55. The standard InChI is InChI=1S/C17H17NO3/c19-16(20)11-12-18(13-14-7-3-1-4-8-14)17(21)15-9-5-2-6-10-15/h1-10H,11-13H2,(H,19,20). The van der Waals surface area contributed by atoms with Crippen LogP contribution in [0.1, 0.15) is 22.3 Å². The molecule has 0 bridgehead atoms. The van der Waals surface area contributed by atoms with Gasteiger partial charge in [-0.1, -0.05) is 48.5 Å². The first-order valence-electron chi connectivity index (χ1n) is 6.77. The summed E-state index contributed by atoms with van der Waals surface area (Å²) in [6, 6.07) is 18.5. The van der Waals surface area contributed by atoms with Crippen LogP contribution in [-0.4, -0.2) is 28.4 Å². The highest BCUT2D eigenvalue weighted by Gasteiger charge is 2.16. The smallest absolute Gasteiger partial charge is 0.305 e. The first-order chi connectivity index (χ1) is 10.2. The van der Waals surface area contributed by atoms with E-state index in [1.54, 1.807) is 29.2 Å². The maximum Gasteiger partial charge on any atom is 0.305 e. The lowest BCUT2D eigenvalue weighted by Gasteiger charge is -2.22. The summed E-state index contributed by atoms with van der Waals surface area (Å²) in [5.74, 6) is -1.06. The van der Waals surface area contributed by atoms with Gasteiger partial charge in [0.2, 0.25) is 0 Å². The van der Waals surface area contributed by atoms with Gasteiger partial charge in [-0.25, -0.2) is 0 Å². The number of hydrogen-bond donors (Lipinski definition) is 1. The number of benzene rings is 2. The molecule has 4 heteroatoms. The van der Waals surface area contributed by atoms with Gasteiger partial charge in [-0.3, -0.25) is 9.59 Å². The van der Waals surface area contributed by atoms with Gasteiger partial charge in [0.15, 0.2) is 0 Å². The molecule has 2 aromatic carbocycles. The fourth-order valence-electron chi connectivity index (χ4n) is 2.05. The molecule has 0 aliphatic heterocycles. The fraction of sp³-hybridized carbons (Fsp3) is 0.176. The minimum Gasteiger partial charge on any atom is -0.481 e. The van der Waals surface area contributed by atoms with Crippen molar-refractivity contribution in [1.29, 1.82) is 0 Å². The Morgan fingerprint density at radius 2 is 1.48 bits per heavy atom. The number of nitrogens with zero attached hydrogens (tertiary/aromatic N) is 1. The predicted octanol–water partition coefficient (Wildman–Crippen LogP) is 2.80. The average molecular weight is 283 g/mol. The Bertz CT molecular complexity index is 596. The lowest BCUT2D eigenvalue weighted by Crippen LogP contribution is -2.32. The maximum atomic E-state index is 12.5. The van der Waals surface area contributed by atoms with Gasteiger partial charge >= 0.3 is 5.97 Å². The highest BCUT2D eigenvalue weighted by Crippen LogP contribution is 2.10. The molecule has 0 aliphatic carbocycles. The third kappa shape index (κ3) is 4.45. The molecule has 1 N–H and O–H groups in total. The quantitative estimate of drug-likeness (QED) is 0.887. The lowest BCUT2D eigenvalue weighted by atomic mass is 10.1. The van der Waals surface area contributed by atoms with E-state index in [4.69, 9.17) is 5.11 Å². The van der Waals surface area contributed by atoms with Crippen LogP contribution in [0.25, 0.3) is 0 Å². The molecule has 0 aromatic heterocycles. The highest BCUT2D eigenvalue weighted by atomic mass is 16.4. The van der Waals surface area contributed by atoms with E-state index in [1.165, 1.54) is 0 Å². The zero-order valence-corrected chi connectivity index (χ0v) is 11.6. The fourth-order valence-corrected chi connectivity index (χ4v) is 2.05. The minimum absolute atomic E-state index is 0.0641. The number of carbonyl (C=O) groups excluding carboxylic acids is 1. The van der Waals surface area contributed by atoms with E-state index in [0.717, 1.165) is 5.56 Å². The molecule has 108 valence electrons. The van der Waals surface area contributed by atoms with E-state index in [1.807, 2.05) is 36.4 Å². The molecule has 0 heterocycles. The lowest BCUT2D eigenvalue weighted by molar-refractivity contribution is -0.137. The van der Waals surface area contributed by atoms with Crippen LogP contribution in [-0.2, 0) is 11.3 Å². The third-order valence-electron chi connectivity index (χ3n) is 3.12. The number of carboxylic acid groups (broad SMARTS) is 1. The molecule has 0 fully saturated rings. The molecule has 2 rings (SSSR count). The van der Waals surface area contributed by atoms with E-state index >= 15 is 0 Å². The van der Waals surface area contributed by atoms with Crippen molar-refractivity contribution in [3.05, 3.63) is 71.8 Å². The Labute approximate surface area is 123 Å². The molecular formula is C17H17NO3. The van der Waals surface area contributed by atoms with Crippen molar-refractivity contribution < 1.29 is 14.7 Å². The van der Waals surface area contributed by atoms with Gasteiger partial charge in [-0.15, -0.1) is 0 Å². The summed E-state index contributed by atoms with van der Waals surface area (Å²) in [7, 11) is 0. The predicted molar refractivity (Wildman–Crippen MR) is 79.9 cm³/mol. The van der Waals surface area contributed by atoms with Gasteiger partial charge in [0.1, 0.15) is 0 Å². The molecular weight excluding hydrogens is 266 g/mol. The van der Waals surface area contributed by atoms with E-state index in [9.17, 15) is 9.59 Å². The summed E-state index contributed by atoms with van der Waals surface area (Å²) < 4.78 is 0. The second-order valence-electron chi connectivity index (χ2n) is 4.72. The average Bonchev–Trinajstić information content (AvgIpc) is 2.52. The SMILES string of the molecule is O=C(O)CCN(Cc1ccccc1)C(=O)c1ccccc1. The number of rotatable bonds is 6. The first kappa shape index (κ1) is 14.8. The summed E-state index contributed by atoms with van der Waals surface area (Å²) in [6.07, 6.45) is -0.0641. The van der Waals surface area contributed by atoms with Crippen LogP contribution in [0.15, 0.2) is 60.7 Å². The number of carboxylic acids is 1. The van der Waals surface area contributed by atoms with Gasteiger partial charge in [0.25, 0.3) is 5.91 Å². The van der Waals surface area contributed by atoms with Crippen molar-refractivity contribution in [2.24, 2.45) is 0 Å². The summed E-state index contributed by atoms with van der Waals surface area (Å²) in [4.78, 5) is 24.8. The molecule has 0 atom stereocenters. The van der Waals surface area contributed by atoms with Crippen LogP contribution in [0.4, 0.5) is 0 Å². The number of aliphatic carboxylic acids is 1. The Balaban J connectivity index is 2.15. The van der Waals surface area contributed by atoms with E-state index in [2.05, 4.69) is 0 Å². The molecule has 21 heavy (non-hydrogen) atoms. The Morgan fingerprint density at radius 3 is 2.05 bits per heavy atom. The topological polar surface area (TPSA) is 57.6 Å². The van der Waals surface area contributed by atoms with Gasteiger partial charge in [-0.2, -0.15) is 0 Å². The molecule has 0 unspecified atom stereocenters. The molecule has 0 saturated carbocycles. The van der Waals surface area contributed by atoms with E-state index in [0.29, 0.717) is 12.1 Å². The van der Waals surface area contributed by atoms with Gasteiger partial charge in [0, 0.05) is 18.7 Å². The maximum absolute atomic E-state index is 12.5. The zero-order chi connectivity index (χ0) is 15.1. The minimum atomic E-state index is -0.908. The van der Waals surface area contributed by atoms with Crippen molar-refractivity contribution in [3.8, 4) is 0 Å². The van der Waals surface area contributed by atoms with Crippen LogP contribution in [0, 0.1) is 0 Å². The van der Waals surface area contributed by atoms with Crippen LogP contribution in [0.5, 0.6) is 0 Å².